The number of fused-ring (bicyclic) bond motifs is 1. The minimum Gasteiger partial charge on any atom is -0.309 e. The molecule has 1 saturated carbocycles. The Hall–Kier alpha value is -2.57. The molecular weight excluding hydrogens is 388 g/mol. The molecule has 2 aromatic carbocycles. The van der Waals surface area contributed by atoms with Crippen molar-refractivity contribution in [2.75, 3.05) is 22.2 Å². The molecule has 6 nitrogen and oxygen atoms in total. The first-order valence-electron chi connectivity index (χ1n) is 11.6. The summed E-state index contributed by atoms with van der Waals surface area (Å²) in [4.78, 5) is 13.7. The first kappa shape index (κ1) is 21.7. The van der Waals surface area contributed by atoms with E-state index in [0.717, 1.165) is 36.5 Å². The van der Waals surface area contributed by atoms with Crippen LogP contribution in [0.15, 0.2) is 48.5 Å². The van der Waals surface area contributed by atoms with Gasteiger partial charge in [-0.2, -0.15) is 5.17 Å². The van der Waals surface area contributed by atoms with E-state index in [-0.39, 0.29) is 11.2 Å². The predicted octanol–water partition coefficient (Wildman–Crippen LogP) is 5.69. The third kappa shape index (κ3) is 4.86. The summed E-state index contributed by atoms with van der Waals surface area (Å²) in [7, 11) is 0. The van der Waals surface area contributed by atoms with Gasteiger partial charge in [-0.25, -0.2) is 5.84 Å². The fourth-order valence-electron chi connectivity index (χ4n) is 5.05. The van der Waals surface area contributed by atoms with E-state index in [4.69, 9.17) is 5.84 Å². The van der Waals surface area contributed by atoms with Gasteiger partial charge in [-0.15, -0.1) is 0 Å². The van der Waals surface area contributed by atoms with Crippen LogP contribution < -0.4 is 21.4 Å². The lowest BCUT2D eigenvalue weighted by Gasteiger charge is -2.42. The van der Waals surface area contributed by atoms with Crippen LogP contribution in [0.2, 0.25) is 0 Å². The smallest absolute Gasteiger partial charge is 0.172 e. The highest BCUT2D eigenvalue weighted by molar-refractivity contribution is 6.07. The average Bonchev–Trinajstić information content (AvgIpc) is 2.84. The number of anilines is 3. The van der Waals surface area contributed by atoms with Gasteiger partial charge in [0.15, 0.2) is 5.78 Å². The number of benzene rings is 2. The van der Waals surface area contributed by atoms with E-state index in [1.807, 2.05) is 36.4 Å². The van der Waals surface area contributed by atoms with Gasteiger partial charge in [0, 0.05) is 12.1 Å². The first-order valence-corrected chi connectivity index (χ1v) is 11.6. The zero-order chi connectivity index (χ0) is 21.7. The Morgan fingerprint density at radius 2 is 1.52 bits per heavy atom. The normalized spacial score (nSPS) is 19.4. The molecule has 1 heterocycles. The molecule has 1 fully saturated rings. The molecule has 166 valence electrons. The summed E-state index contributed by atoms with van der Waals surface area (Å²) >= 11 is 0. The van der Waals surface area contributed by atoms with Crippen molar-refractivity contribution in [3.05, 3.63) is 54.1 Å². The monoisotopic (exact) mass is 422 g/mol. The number of nitrogens with two attached hydrogens (primary N) is 1. The van der Waals surface area contributed by atoms with E-state index in [0.29, 0.717) is 23.5 Å². The molecule has 0 aromatic heterocycles. The Labute approximate surface area is 184 Å². The van der Waals surface area contributed by atoms with Crippen LogP contribution in [0.1, 0.15) is 74.6 Å². The predicted molar refractivity (Wildman–Crippen MR) is 125 cm³/mol. The third-order valence-electron chi connectivity index (χ3n) is 6.80. The zero-order valence-corrected chi connectivity index (χ0v) is 18.2. The number of carbonyl (C=O) groups excluding carboxylic acids is 1. The Kier molecular flexibility index (Phi) is 6.78. The molecule has 1 spiro atoms. The van der Waals surface area contributed by atoms with E-state index in [9.17, 15) is 10.0 Å². The van der Waals surface area contributed by atoms with Crippen LogP contribution in [-0.2, 0) is 0 Å². The number of hydrogen-bond acceptors (Lipinski definition) is 6. The molecule has 0 bridgehead atoms. The number of hydrazine groups is 2. The van der Waals surface area contributed by atoms with E-state index < -0.39 is 0 Å². The fraction of sp³-hybridized carbons (Fsp3) is 0.480. The molecule has 2 aliphatic rings. The molecule has 0 unspecified atom stereocenters. The maximum absolute atomic E-state index is 13.7. The lowest BCUT2D eigenvalue weighted by atomic mass is 9.70. The second kappa shape index (κ2) is 9.71. The van der Waals surface area contributed by atoms with Gasteiger partial charge in [-0.1, -0.05) is 69.6 Å². The van der Waals surface area contributed by atoms with Crippen molar-refractivity contribution < 1.29 is 10.0 Å². The summed E-state index contributed by atoms with van der Waals surface area (Å²) in [5.41, 5.74) is 5.28. The lowest BCUT2D eigenvalue weighted by Crippen LogP contribution is -2.51. The summed E-state index contributed by atoms with van der Waals surface area (Å²) in [6.07, 6.45) is 11.6. The molecule has 0 radical (unpaired) electrons. The van der Waals surface area contributed by atoms with Gasteiger partial charge in [0.1, 0.15) is 0 Å². The molecule has 0 atom stereocenters. The van der Waals surface area contributed by atoms with Crippen LogP contribution >= 0.6 is 0 Å². The fourth-order valence-corrected chi connectivity index (χ4v) is 5.05. The van der Waals surface area contributed by atoms with Gasteiger partial charge in [-0.05, 0) is 43.2 Å². The summed E-state index contributed by atoms with van der Waals surface area (Å²) in [6.45, 7) is 0.559. The summed E-state index contributed by atoms with van der Waals surface area (Å²) in [5, 5.41) is 13.0. The van der Waals surface area contributed by atoms with Gasteiger partial charge in [0.2, 0.25) is 0 Å². The van der Waals surface area contributed by atoms with Crippen molar-refractivity contribution in [1.29, 1.82) is 0 Å². The second-order valence-electron chi connectivity index (χ2n) is 9.06. The highest BCUT2D eigenvalue weighted by Crippen LogP contribution is 2.43. The minimum atomic E-state index is -0.381. The second-order valence-corrected chi connectivity index (χ2v) is 9.06. The van der Waals surface area contributed by atoms with Gasteiger partial charge in [0.05, 0.1) is 22.5 Å². The van der Waals surface area contributed by atoms with E-state index in [1.54, 1.807) is 17.1 Å². The molecule has 4 N–H and O–H groups in total. The Bertz CT molecular complexity index is 874. The number of ketones is 1. The molecule has 1 aliphatic heterocycles. The van der Waals surface area contributed by atoms with Crippen LogP contribution in [0.3, 0.4) is 0 Å². The number of para-hydroxylation sites is 1. The standard InChI is InChI=1S/C25H34N4O2/c26-28-19-25(16-10-5-3-1-2-4-6-11-17-25)24(30)22-15-14-20(18-23(22)28)27-29(31)21-12-8-7-9-13-21/h7-9,12-15,18,27,31H,1-6,10-11,16-17,19,26H2. The topological polar surface area (TPSA) is 81.8 Å². The first-order chi connectivity index (χ1) is 15.1. The largest absolute Gasteiger partial charge is 0.309 e. The highest BCUT2D eigenvalue weighted by atomic mass is 16.5. The molecule has 31 heavy (non-hydrogen) atoms. The Morgan fingerprint density at radius 3 is 2.16 bits per heavy atom. The van der Waals surface area contributed by atoms with E-state index in [2.05, 4.69) is 5.43 Å². The molecular formula is C25H34N4O2. The molecule has 2 aromatic rings. The molecule has 0 saturated heterocycles. The van der Waals surface area contributed by atoms with Crippen molar-refractivity contribution in [3.63, 3.8) is 0 Å². The molecule has 0 amide bonds. The zero-order valence-electron chi connectivity index (χ0n) is 18.2. The van der Waals surface area contributed by atoms with Crippen LogP contribution in [0.25, 0.3) is 0 Å². The van der Waals surface area contributed by atoms with Crippen molar-refractivity contribution in [2.45, 2.75) is 64.2 Å². The van der Waals surface area contributed by atoms with E-state index >= 15 is 0 Å². The Morgan fingerprint density at radius 1 is 0.903 bits per heavy atom. The third-order valence-corrected chi connectivity index (χ3v) is 6.80. The average molecular weight is 423 g/mol. The number of rotatable bonds is 3. The molecule has 1 aliphatic carbocycles. The van der Waals surface area contributed by atoms with Crippen molar-refractivity contribution in [2.24, 2.45) is 11.3 Å². The maximum atomic E-state index is 13.7. The Balaban J connectivity index is 1.55. The number of nitrogens with zero attached hydrogens (tertiary/aromatic N) is 2. The number of carbonyl (C=O) groups is 1. The van der Waals surface area contributed by atoms with Crippen LogP contribution in [0, 0.1) is 5.41 Å². The van der Waals surface area contributed by atoms with Gasteiger partial charge >= 0.3 is 0 Å². The maximum Gasteiger partial charge on any atom is 0.172 e. The minimum absolute atomic E-state index is 0.235. The van der Waals surface area contributed by atoms with Crippen molar-refractivity contribution in [1.82, 2.24) is 0 Å². The highest BCUT2D eigenvalue weighted by Gasteiger charge is 2.44. The number of hydrogen-bond donors (Lipinski definition) is 3. The summed E-state index contributed by atoms with van der Waals surface area (Å²) in [5.74, 6) is 6.73. The molecule has 4 rings (SSSR count). The van der Waals surface area contributed by atoms with Crippen LogP contribution in [-0.4, -0.2) is 17.5 Å². The van der Waals surface area contributed by atoms with Crippen molar-refractivity contribution in [3.8, 4) is 0 Å². The number of Topliss-reactive ketones (excluding diaryl/α,β-unsaturated/α-hetero) is 1. The van der Waals surface area contributed by atoms with Crippen molar-refractivity contribution >= 4 is 22.8 Å². The molecule has 6 heteroatoms. The van der Waals surface area contributed by atoms with Crippen LogP contribution in [0.5, 0.6) is 0 Å². The summed E-state index contributed by atoms with van der Waals surface area (Å²) < 4.78 is 0. The van der Waals surface area contributed by atoms with E-state index in [1.165, 1.54) is 38.5 Å². The lowest BCUT2D eigenvalue weighted by molar-refractivity contribution is 0.0742. The van der Waals surface area contributed by atoms with Gasteiger partial charge in [0.25, 0.3) is 0 Å². The summed E-state index contributed by atoms with van der Waals surface area (Å²) in [6, 6.07) is 14.7. The number of nitrogens with one attached hydrogen (secondary N) is 1. The van der Waals surface area contributed by atoms with Gasteiger partial charge in [-0.3, -0.25) is 15.4 Å². The SMILES string of the molecule is NN1CC2(CCCCCCCCCC2)C(=O)c2ccc(NN(O)c3ccccc3)cc21. The van der Waals surface area contributed by atoms with Gasteiger partial charge < -0.3 is 5.01 Å². The van der Waals surface area contributed by atoms with Crippen LogP contribution in [0.4, 0.5) is 17.1 Å². The quantitative estimate of drug-likeness (QED) is 0.436.